The maximum absolute atomic E-state index is 12.7. The van der Waals surface area contributed by atoms with Crippen LogP contribution < -0.4 is 0 Å². The van der Waals surface area contributed by atoms with Gasteiger partial charge in [0, 0.05) is 6.54 Å². The van der Waals surface area contributed by atoms with Gasteiger partial charge in [0.25, 0.3) is 5.91 Å². The third-order valence-corrected chi connectivity index (χ3v) is 5.04. The molecule has 1 atom stereocenters. The van der Waals surface area contributed by atoms with Crippen LogP contribution in [0.2, 0.25) is 5.02 Å². The fourth-order valence-electron chi connectivity index (χ4n) is 3.52. The smallest absolute Gasteiger partial charge is 0.255 e. The molecule has 2 heterocycles. The number of phenols is 1. The minimum atomic E-state index is -0.407. The number of nitrogens with zero attached hydrogens (tertiary/aromatic N) is 1. The van der Waals surface area contributed by atoms with Crippen LogP contribution >= 0.6 is 11.6 Å². The van der Waals surface area contributed by atoms with Crippen LogP contribution in [0.1, 0.15) is 27.9 Å². The normalized spacial score (nSPS) is 22.6. The number of halogens is 1. The van der Waals surface area contributed by atoms with Gasteiger partial charge in [-0.05, 0) is 35.7 Å². The highest BCUT2D eigenvalue weighted by molar-refractivity contribution is 6.33. The van der Waals surface area contributed by atoms with Gasteiger partial charge in [0.05, 0.1) is 23.7 Å². The number of carbonyl (C=O) groups excluding carboxylic acids is 1. The third-order valence-electron chi connectivity index (χ3n) is 4.71. The Morgan fingerprint density at radius 1 is 1.26 bits per heavy atom. The number of hydrogen-bond acceptors (Lipinski definition) is 3. The summed E-state index contributed by atoms with van der Waals surface area (Å²) >= 11 is 6.11. The van der Waals surface area contributed by atoms with Gasteiger partial charge in [-0.15, -0.1) is 0 Å². The standard InChI is InChI=1S/C18H16ClNO3/c19-16-6-5-13(21)9-14(16)17(22)20-8-7-18(11-20)15-4-2-1-3-12(15)10-23-18/h1-6,9,21H,7-8,10-11H2/t18-/m0/s1. The van der Waals surface area contributed by atoms with E-state index < -0.39 is 5.60 Å². The van der Waals surface area contributed by atoms with Gasteiger partial charge >= 0.3 is 0 Å². The number of ether oxygens (including phenoxy) is 1. The summed E-state index contributed by atoms with van der Waals surface area (Å²) in [6.07, 6.45) is 0.770. The number of benzene rings is 2. The monoisotopic (exact) mass is 329 g/mol. The van der Waals surface area contributed by atoms with Crippen molar-refractivity contribution in [1.82, 2.24) is 4.90 Å². The number of aromatic hydroxyl groups is 1. The molecule has 2 aliphatic heterocycles. The molecule has 4 rings (SSSR count). The Balaban J connectivity index is 1.62. The van der Waals surface area contributed by atoms with E-state index in [0.29, 0.717) is 30.3 Å². The average Bonchev–Trinajstić information content (AvgIpc) is 3.15. The van der Waals surface area contributed by atoms with Crippen molar-refractivity contribution >= 4 is 17.5 Å². The largest absolute Gasteiger partial charge is 0.508 e. The Kier molecular flexibility index (Phi) is 3.32. The van der Waals surface area contributed by atoms with Crippen molar-refractivity contribution < 1.29 is 14.6 Å². The van der Waals surface area contributed by atoms with E-state index in [1.807, 2.05) is 12.1 Å². The first kappa shape index (κ1) is 14.5. The first-order chi connectivity index (χ1) is 11.1. The van der Waals surface area contributed by atoms with Gasteiger partial charge in [-0.1, -0.05) is 35.9 Å². The Morgan fingerprint density at radius 3 is 2.96 bits per heavy atom. The zero-order valence-electron chi connectivity index (χ0n) is 12.5. The molecule has 0 bridgehead atoms. The molecule has 0 aromatic heterocycles. The van der Waals surface area contributed by atoms with Gasteiger partial charge < -0.3 is 14.7 Å². The molecule has 1 saturated heterocycles. The van der Waals surface area contributed by atoms with E-state index in [2.05, 4.69) is 12.1 Å². The molecule has 23 heavy (non-hydrogen) atoms. The van der Waals surface area contributed by atoms with Crippen molar-refractivity contribution in [3.05, 3.63) is 64.2 Å². The summed E-state index contributed by atoms with van der Waals surface area (Å²) < 4.78 is 6.07. The van der Waals surface area contributed by atoms with Gasteiger partial charge in [0.1, 0.15) is 11.4 Å². The Hall–Kier alpha value is -2.04. The Labute approximate surface area is 139 Å². The topological polar surface area (TPSA) is 49.8 Å². The fraction of sp³-hybridized carbons (Fsp3) is 0.278. The number of carbonyl (C=O) groups is 1. The van der Waals surface area contributed by atoms with Crippen LogP contribution in [0.4, 0.5) is 0 Å². The van der Waals surface area contributed by atoms with E-state index in [9.17, 15) is 9.90 Å². The van der Waals surface area contributed by atoms with E-state index in [1.54, 1.807) is 4.90 Å². The van der Waals surface area contributed by atoms with Gasteiger partial charge in [-0.3, -0.25) is 4.79 Å². The Bertz CT molecular complexity index is 792. The number of fused-ring (bicyclic) bond motifs is 2. The maximum atomic E-state index is 12.7. The number of phenolic OH excluding ortho intramolecular Hbond substituents is 1. The lowest BCUT2D eigenvalue weighted by molar-refractivity contribution is -0.0282. The second-order valence-electron chi connectivity index (χ2n) is 6.08. The minimum Gasteiger partial charge on any atom is -0.508 e. The molecule has 1 fully saturated rings. The minimum absolute atomic E-state index is 0.0362. The number of likely N-dealkylation sites (tertiary alicyclic amines) is 1. The predicted octanol–water partition coefficient (Wildman–Crippen LogP) is 3.32. The Morgan fingerprint density at radius 2 is 2.09 bits per heavy atom. The summed E-state index contributed by atoms with van der Waals surface area (Å²) in [6.45, 7) is 1.71. The lowest BCUT2D eigenvalue weighted by atomic mass is 9.92. The van der Waals surface area contributed by atoms with Crippen LogP contribution in [0.25, 0.3) is 0 Å². The van der Waals surface area contributed by atoms with E-state index in [0.717, 1.165) is 6.42 Å². The average molecular weight is 330 g/mol. The summed E-state index contributed by atoms with van der Waals surface area (Å²) in [5.74, 6) is -0.134. The van der Waals surface area contributed by atoms with Crippen molar-refractivity contribution in [3.63, 3.8) is 0 Å². The highest BCUT2D eigenvalue weighted by Gasteiger charge is 2.46. The zero-order chi connectivity index (χ0) is 16.0. The molecular formula is C18H16ClNO3. The second kappa shape index (κ2) is 5.25. The van der Waals surface area contributed by atoms with Crippen LogP contribution in [0.15, 0.2) is 42.5 Å². The summed E-state index contributed by atoms with van der Waals surface area (Å²) in [5, 5.41) is 9.96. The van der Waals surface area contributed by atoms with Crippen LogP contribution in [0, 0.1) is 0 Å². The van der Waals surface area contributed by atoms with E-state index in [4.69, 9.17) is 16.3 Å². The first-order valence-electron chi connectivity index (χ1n) is 7.59. The second-order valence-corrected chi connectivity index (χ2v) is 6.49. The quantitative estimate of drug-likeness (QED) is 0.873. The number of amides is 1. The molecule has 1 spiro atoms. The third kappa shape index (κ3) is 2.30. The fourth-order valence-corrected chi connectivity index (χ4v) is 3.72. The van der Waals surface area contributed by atoms with Gasteiger partial charge in [-0.2, -0.15) is 0 Å². The van der Waals surface area contributed by atoms with Gasteiger partial charge in [0.15, 0.2) is 0 Å². The molecule has 0 radical (unpaired) electrons. The highest BCUT2D eigenvalue weighted by Crippen LogP contribution is 2.43. The lowest BCUT2D eigenvalue weighted by Gasteiger charge is -2.25. The first-order valence-corrected chi connectivity index (χ1v) is 7.97. The maximum Gasteiger partial charge on any atom is 0.255 e. The molecule has 2 aromatic rings. The molecule has 1 N–H and O–H groups in total. The molecule has 1 amide bonds. The van der Waals surface area contributed by atoms with Crippen molar-refractivity contribution in [1.29, 1.82) is 0 Å². The van der Waals surface area contributed by atoms with Crippen molar-refractivity contribution in [2.75, 3.05) is 13.1 Å². The van der Waals surface area contributed by atoms with E-state index >= 15 is 0 Å². The highest BCUT2D eigenvalue weighted by atomic mass is 35.5. The summed E-state index contributed by atoms with van der Waals surface area (Å²) in [7, 11) is 0. The van der Waals surface area contributed by atoms with Crippen LogP contribution in [0.5, 0.6) is 5.75 Å². The number of rotatable bonds is 1. The summed E-state index contributed by atoms with van der Waals surface area (Å²) in [4.78, 5) is 14.5. The summed E-state index contributed by atoms with van der Waals surface area (Å²) in [5.41, 5.74) is 2.29. The van der Waals surface area contributed by atoms with Crippen molar-refractivity contribution in [2.24, 2.45) is 0 Å². The zero-order valence-corrected chi connectivity index (χ0v) is 13.2. The molecule has 4 nitrogen and oxygen atoms in total. The molecule has 0 saturated carbocycles. The van der Waals surface area contributed by atoms with Crippen LogP contribution in [-0.4, -0.2) is 29.0 Å². The molecule has 0 aliphatic carbocycles. The van der Waals surface area contributed by atoms with Crippen LogP contribution in [-0.2, 0) is 16.9 Å². The SMILES string of the molecule is O=C(c1cc(O)ccc1Cl)N1CC[C@@]2(C1)OCc1ccccc12. The molecule has 0 unspecified atom stereocenters. The molecule has 2 aliphatic rings. The van der Waals surface area contributed by atoms with Crippen molar-refractivity contribution in [3.8, 4) is 5.75 Å². The van der Waals surface area contributed by atoms with E-state index in [-0.39, 0.29) is 11.7 Å². The molecule has 118 valence electrons. The van der Waals surface area contributed by atoms with Crippen molar-refractivity contribution in [2.45, 2.75) is 18.6 Å². The van der Waals surface area contributed by atoms with Gasteiger partial charge in [-0.25, -0.2) is 0 Å². The van der Waals surface area contributed by atoms with E-state index in [1.165, 1.54) is 29.3 Å². The molecule has 5 heteroatoms. The van der Waals surface area contributed by atoms with Crippen LogP contribution in [0.3, 0.4) is 0 Å². The summed E-state index contributed by atoms with van der Waals surface area (Å²) in [6, 6.07) is 12.6. The number of hydrogen-bond donors (Lipinski definition) is 1. The predicted molar refractivity (Wildman–Crippen MR) is 86.5 cm³/mol. The molecular weight excluding hydrogens is 314 g/mol. The lowest BCUT2D eigenvalue weighted by Crippen LogP contribution is -2.34. The molecule has 2 aromatic carbocycles. The van der Waals surface area contributed by atoms with Gasteiger partial charge in [0.2, 0.25) is 0 Å².